The van der Waals surface area contributed by atoms with Gasteiger partial charge < -0.3 is 0 Å². The molecule has 6 nitrogen and oxygen atoms in total. The molecular formula is C14H14N2O4S2. The second-order valence-corrected chi connectivity index (χ2v) is 7.78. The zero-order valence-corrected chi connectivity index (χ0v) is 13.1. The molecule has 1 aliphatic rings. The van der Waals surface area contributed by atoms with Crippen LogP contribution in [0, 0.1) is 0 Å². The summed E-state index contributed by atoms with van der Waals surface area (Å²) in [6, 6.07) is 11.4. The lowest BCUT2D eigenvalue weighted by atomic mass is 10.1. The number of hydrogen-bond donors (Lipinski definition) is 2. The largest absolute Gasteiger partial charge is 0.289 e. The van der Waals surface area contributed by atoms with Crippen LogP contribution < -0.4 is 5.48 Å². The summed E-state index contributed by atoms with van der Waals surface area (Å²) in [6.07, 6.45) is 0. The van der Waals surface area contributed by atoms with Gasteiger partial charge in [-0.2, -0.15) is 4.31 Å². The Morgan fingerprint density at radius 3 is 2.68 bits per heavy atom. The van der Waals surface area contributed by atoms with Gasteiger partial charge in [0.1, 0.15) is 6.04 Å². The number of hydrogen-bond acceptors (Lipinski definition) is 5. The maximum Gasteiger partial charge on any atom is 0.262 e. The van der Waals surface area contributed by atoms with E-state index in [0.29, 0.717) is 5.75 Å². The van der Waals surface area contributed by atoms with Gasteiger partial charge in [0.25, 0.3) is 5.91 Å². The molecule has 3 rings (SSSR count). The number of hydroxylamine groups is 1. The average Bonchev–Trinajstić information content (AvgIpc) is 3.04. The number of nitrogens with one attached hydrogen (secondary N) is 1. The van der Waals surface area contributed by atoms with Crippen LogP contribution in [0.2, 0.25) is 0 Å². The summed E-state index contributed by atoms with van der Waals surface area (Å²) in [4.78, 5) is 11.8. The lowest BCUT2D eigenvalue weighted by Crippen LogP contribution is -2.46. The van der Waals surface area contributed by atoms with Gasteiger partial charge in [-0.05, 0) is 22.9 Å². The monoisotopic (exact) mass is 338 g/mol. The van der Waals surface area contributed by atoms with Gasteiger partial charge in [-0.1, -0.05) is 30.3 Å². The molecule has 0 bridgehead atoms. The number of carbonyl (C=O) groups excluding carboxylic acids is 1. The molecule has 0 saturated carbocycles. The van der Waals surface area contributed by atoms with Gasteiger partial charge in [-0.15, -0.1) is 11.8 Å². The van der Waals surface area contributed by atoms with Gasteiger partial charge in [0.05, 0.1) is 10.8 Å². The van der Waals surface area contributed by atoms with Gasteiger partial charge in [-0.3, -0.25) is 10.0 Å². The number of fused-ring (bicyclic) bond motifs is 1. The second-order valence-electron chi connectivity index (χ2n) is 4.89. The van der Waals surface area contributed by atoms with Crippen molar-refractivity contribution in [3.8, 4) is 0 Å². The van der Waals surface area contributed by atoms with Crippen molar-refractivity contribution in [2.45, 2.75) is 10.9 Å². The molecule has 1 fully saturated rings. The maximum atomic E-state index is 12.8. The van der Waals surface area contributed by atoms with Gasteiger partial charge in [0.2, 0.25) is 10.0 Å². The number of thioether (sulfide) groups is 1. The zero-order valence-electron chi connectivity index (χ0n) is 11.5. The molecule has 0 aliphatic carbocycles. The number of carbonyl (C=O) groups is 1. The molecule has 0 spiro atoms. The topological polar surface area (TPSA) is 86.7 Å². The molecular weight excluding hydrogens is 324 g/mol. The Balaban J connectivity index is 2.02. The van der Waals surface area contributed by atoms with E-state index < -0.39 is 22.0 Å². The lowest BCUT2D eigenvalue weighted by molar-refractivity contribution is -0.132. The van der Waals surface area contributed by atoms with Crippen molar-refractivity contribution in [1.29, 1.82) is 0 Å². The molecule has 1 saturated heterocycles. The third kappa shape index (κ3) is 2.58. The third-order valence-electron chi connectivity index (χ3n) is 3.58. The molecule has 0 radical (unpaired) electrons. The van der Waals surface area contributed by atoms with Crippen molar-refractivity contribution in [2.75, 3.05) is 11.6 Å². The molecule has 1 amide bonds. The zero-order chi connectivity index (χ0) is 15.7. The number of sulfonamides is 1. The van der Waals surface area contributed by atoms with Gasteiger partial charge in [0, 0.05) is 5.75 Å². The van der Waals surface area contributed by atoms with Crippen LogP contribution in [0.3, 0.4) is 0 Å². The summed E-state index contributed by atoms with van der Waals surface area (Å²) >= 11 is 1.33. The molecule has 1 aliphatic heterocycles. The summed E-state index contributed by atoms with van der Waals surface area (Å²) < 4.78 is 26.6. The fraction of sp³-hybridized carbons (Fsp3) is 0.214. The highest BCUT2D eigenvalue weighted by Gasteiger charge is 2.40. The second kappa shape index (κ2) is 5.88. The summed E-state index contributed by atoms with van der Waals surface area (Å²) in [7, 11) is -3.79. The van der Waals surface area contributed by atoms with Crippen LogP contribution in [0.1, 0.15) is 0 Å². The Morgan fingerprint density at radius 2 is 1.95 bits per heavy atom. The van der Waals surface area contributed by atoms with Gasteiger partial charge in [-0.25, -0.2) is 13.9 Å². The minimum atomic E-state index is -3.79. The van der Waals surface area contributed by atoms with Crippen LogP contribution in [0.5, 0.6) is 0 Å². The maximum absolute atomic E-state index is 12.8. The van der Waals surface area contributed by atoms with Crippen LogP contribution in [-0.2, 0) is 14.8 Å². The first-order chi connectivity index (χ1) is 10.5. The highest BCUT2D eigenvalue weighted by molar-refractivity contribution is 8.00. The Labute approximate surface area is 132 Å². The summed E-state index contributed by atoms with van der Waals surface area (Å²) in [6.45, 7) is 0. The molecule has 2 N–H and O–H groups in total. The van der Waals surface area contributed by atoms with E-state index in [2.05, 4.69) is 0 Å². The fourth-order valence-corrected chi connectivity index (χ4v) is 5.59. The number of nitrogens with zero attached hydrogens (tertiary/aromatic N) is 1. The van der Waals surface area contributed by atoms with E-state index in [0.717, 1.165) is 15.1 Å². The minimum Gasteiger partial charge on any atom is -0.289 e. The fourth-order valence-electron chi connectivity index (χ4n) is 2.41. The van der Waals surface area contributed by atoms with Crippen molar-refractivity contribution < 1.29 is 18.4 Å². The Bertz CT molecular complexity index is 822. The van der Waals surface area contributed by atoms with Crippen molar-refractivity contribution in [3.05, 3.63) is 42.5 Å². The standard InChI is InChI=1S/C14H14N2O4S2/c17-14(15-18)13-8-21-9-16(13)22(19,20)12-6-5-10-3-1-2-4-11(10)7-12/h1-7,13,18H,8-9H2,(H,15,17). The molecule has 8 heteroatoms. The molecule has 22 heavy (non-hydrogen) atoms. The SMILES string of the molecule is O=C(NO)C1CSCN1S(=O)(=O)c1ccc2ccccc2c1. The third-order valence-corrected chi connectivity index (χ3v) is 6.61. The molecule has 116 valence electrons. The van der Waals surface area contributed by atoms with Crippen molar-refractivity contribution in [1.82, 2.24) is 9.79 Å². The molecule has 0 aromatic heterocycles. The van der Waals surface area contributed by atoms with Crippen molar-refractivity contribution in [3.63, 3.8) is 0 Å². The number of rotatable bonds is 3. The van der Waals surface area contributed by atoms with E-state index in [4.69, 9.17) is 5.21 Å². The predicted octanol–water partition coefficient (Wildman–Crippen LogP) is 1.41. The quantitative estimate of drug-likeness (QED) is 0.653. The normalized spacial score (nSPS) is 19.4. The van der Waals surface area contributed by atoms with Crippen LogP contribution >= 0.6 is 11.8 Å². The summed E-state index contributed by atoms with van der Waals surface area (Å²) in [5.74, 6) is -0.207. The Morgan fingerprint density at radius 1 is 1.23 bits per heavy atom. The van der Waals surface area contributed by atoms with E-state index in [-0.39, 0.29) is 10.8 Å². The highest BCUT2D eigenvalue weighted by Crippen LogP contribution is 2.29. The van der Waals surface area contributed by atoms with Crippen LogP contribution in [0.15, 0.2) is 47.4 Å². The highest BCUT2D eigenvalue weighted by atomic mass is 32.2. The van der Waals surface area contributed by atoms with E-state index in [1.54, 1.807) is 12.1 Å². The Hall–Kier alpha value is -1.61. The first-order valence-electron chi connectivity index (χ1n) is 6.56. The Kier molecular flexibility index (Phi) is 4.09. The molecule has 1 atom stereocenters. The van der Waals surface area contributed by atoms with Crippen molar-refractivity contribution >= 4 is 38.5 Å². The van der Waals surface area contributed by atoms with E-state index >= 15 is 0 Å². The summed E-state index contributed by atoms with van der Waals surface area (Å²) in [5, 5.41) is 10.5. The van der Waals surface area contributed by atoms with Crippen LogP contribution in [0.25, 0.3) is 10.8 Å². The first kappa shape index (κ1) is 15.3. The van der Waals surface area contributed by atoms with E-state index in [1.165, 1.54) is 23.3 Å². The predicted molar refractivity (Wildman–Crippen MR) is 84.0 cm³/mol. The summed E-state index contributed by atoms with van der Waals surface area (Å²) in [5.41, 5.74) is 1.53. The smallest absolute Gasteiger partial charge is 0.262 e. The lowest BCUT2D eigenvalue weighted by Gasteiger charge is -2.21. The van der Waals surface area contributed by atoms with E-state index in [1.807, 2.05) is 24.3 Å². The van der Waals surface area contributed by atoms with Crippen LogP contribution in [-0.4, -0.2) is 41.5 Å². The number of amides is 1. The molecule has 1 heterocycles. The first-order valence-corrected chi connectivity index (χ1v) is 9.16. The van der Waals surface area contributed by atoms with Crippen LogP contribution in [0.4, 0.5) is 0 Å². The van der Waals surface area contributed by atoms with Gasteiger partial charge >= 0.3 is 0 Å². The molecule has 1 unspecified atom stereocenters. The molecule has 2 aromatic carbocycles. The van der Waals surface area contributed by atoms with Crippen molar-refractivity contribution in [2.24, 2.45) is 0 Å². The van der Waals surface area contributed by atoms with Gasteiger partial charge in [0.15, 0.2) is 0 Å². The minimum absolute atomic E-state index is 0.143. The molecule has 2 aromatic rings. The average molecular weight is 338 g/mol. The number of benzene rings is 2. The van der Waals surface area contributed by atoms with E-state index in [9.17, 15) is 13.2 Å².